The molecule has 0 heterocycles. The molecule has 0 atom stereocenters. The lowest BCUT2D eigenvalue weighted by Gasteiger charge is -2.24. The van der Waals surface area contributed by atoms with E-state index in [1.54, 1.807) is 0 Å². The first-order valence-corrected chi connectivity index (χ1v) is 21.3. The third kappa shape index (κ3) is 7.98. The van der Waals surface area contributed by atoms with Gasteiger partial charge in [-0.15, -0.1) is 0 Å². The Kier molecular flexibility index (Phi) is 10.9. The standard InChI is InChI=1S/C62H44/c1-7-19-45(20-8-1)47-31-35-49(36-32-47)55-39-41-57(51-23-11-3-12-24-51)59(43-55)61(53-27-15-5-16-28-53)62(54-29-17-6-18-30-54)60-44-56(40-42-58(60)52-25-13-4-14-26-52)50-37-33-48(34-38-50)46-21-9-2-10-22-46/h1-44H/b62-61-. The maximum absolute atomic E-state index is 2.42. The van der Waals surface area contributed by atoms with E-state index in [9.17, 15) is 0 Å². The average molecular weight is 789 g/mol. The summed E-state index contributed by atoms with van der Waals surface area (Å²) in [5.41, 5.74) is 21.2. The van der Waals surface area contributed by atoms with Crippen molar-refractivity contribution in [1.82, 2.24) is 0 Å². The first kappa shape index (κ1) is 38.2. The maximum Gasteiger partial charge on any atom is -0.00201 e. The fourth-order valence-electron chi connectivity index (χ4n) is 8.65. The monoisotopic (exact) mass is 788 g/mol. The summed E-state index contributed by atoms with van der Waals surface area (Å²) in [6.45, 7) is 0. The summed E-state index contributed by atoms with van der Waals surface area (Å²) >= 11 is 0. The molecule has 0 fully saturated rings. The second-order valence-corrected chi connectivity index (χ2v) is 15.6. The summed E-state index contributed by atoms with van der Waals surface area (Å²) in [6, 6.07) is 96.8. The Morgan fingerprint density at radius 1 is 0.177 bits per heavy atom. The minimum absolute atomic E-state index is 1.15. The minimum atomic E-state index is 1.15. The van der Waals surface area contributed by atoms with Gasteiger partial charge in [-0.2, -0.15) is 0 Å². The van der Waals surface area contributed by atoms with Gasteiger partial charge < -0.3 is 0 Å². The molecule has 0 saturated carbocycles. The van der Waals surface area contributed by atoms with Gasteiger partial charge in [-0.3, -0.25) is 0 Å². The van der Waals surface area contributed by atoms with Gasteiger partial charge in [0.25, 0.3) is 0 Å². The van der Waals surface area contributed by atoms with Crippen LogP contribution in [0.2, 0.25) is 0 Å². The van der Waals surface area contributed by atoms with Crippen LogP contribution in [0.4, 0.5) is 0 Å². The number of hydrogen-bond acceptors (Lipinski definition) is 0. The molecule has 10 aromatic rings. The van der Waals surface area contributed by atoms with Crippen molar-refractivity contribution in [3.8, 4) is 66.8 Å². The van der Waals surface area contributed by atoms with E-state index in [0.29, 0.717) is 0 Å². The normalized spacial score (nSPS) is 11.5. The van der Waals surface area contributed by atoms with Crippen LogP contribution in [0.15, 0.2) is 267 Å². The highest BCUT2D eigenvalue weighted by Crippen LogP contribution is 2.46. The van der Waals surface area contributed by atoms with Crippen molar-refractivity contribution in [2.45, 2.75) is 0 Å². The lowest BCUT2D eigenvalue weighted by atomic mass is 9.79. The van der Waals surface area contributed by atoms with E-state index in [1.165, 1.54) is 77.9 Å². The SMILES string of the molecule is c1ccc(/C(=C(\c2ccccc2)c2cc(-c3ccc(-c4ccccc4)cc3)ccc2-c2ccccc2)c2cc(-c3ccc(-c4ccccc4)cc3)ccc2-c2ccccc2)cc1. The molecule has 0 unspecified atom stereocenters. The van der Waals surface area contributed by atoms with Gasteiger partial charge in [-0.05, 0) is 112 Å². The van der Waals surface area contributed by atoms with E-state index < -0.39 is 0 Å². The molecule has 0 aromatic heterocycles. The molecule has 0 spiro atoms. The van der Waals surface area contributed by atoms with Crippen LogP contribution in [0.25, 0.3) is 77.9 Å². The quantitative estimate of drug-likeness (QED) is 0.121. The van der Waals surface area contributed by atoms with E-state index in [4.69, 9.17) is 0 Å². The summed E-state index contributed by atoms with van der Waals surface area (Å²) in [6.07, 6.45) is 0. The summed E-state index contributed by atoms with van der Waals surface area (Å²) in [7, 11) is 0. The molecule has 0 aliphatic carbocycles. The molecule has 0 aliphatic heterocycles. The second-order valence-electron chi connectivity index (χ2n) is 15.6. The molecule has 62 heavy (non-hydrogen) atoms. The first-order valence-electron chi connectivity index (χ1n) is 21.3. The van der Waals surface area contributed by atoms with E-state index in [0.717, 1.165) is 22.3 Å². The van der Waals surface area contributed by atoms with E-state index >= 15 is 0 Å². The summed E-state index contributed by atoms with van der Waals surface area (Å²) in [5, 5.41) is 0. The topological polar surface area (TPSA) is 0 Å². The Morgan fingerprint density at radius 2 is 0.403 bits per heavy atom. The molecule has 0 saturated heterocycles. The zero-order valence-electron chi connectivity index (χ0n) is 34.4. The van der Waals surface area contributed by atoms with E-state index in [2.05, 4.69) is 267 Å². The zero-order valence-corrected chi connectivity index (χ0v) is 34.4. The van der Waals surface area contributed by atoms with Crippen LogP contribution in [0.5, 0.6) is 0 Å². The fraction of sp³-hybridized carbons (Fsp3) is 0. The third-order valence-corrected chi connectivity index (χ3v) is 11.8. The van der Waals surface area contributed by atoms with E-state index in [1.807, 2.05) is 0 Å². The van der Waals surface area contributed by atoms with Crippen LogP contribution in [-0.2, 0) is 0 Å². The van der Waals surface area contributed by atoms with Gasteiger partial charge in [0.15, 0.2) is 0 Å². The number of hydrogen-bond donors (Lipinski definition) is 0. The molecule has 0 N–H and O–H groups in total. The van der Waals surface area contributed by atoms with Gasteiger partial charge in [0.1, 0.15) is 0 Å². The largest absolute Gasteiger partial charge is 0.0622 e. The summed E-state index contributed by atoms with van der Waals surface area (Å²) in [4.78, 5) is 0. The average Bonchev–Trinajstić information content (AvgIpc) is 3.37. The van der Waals surface area contributed by atoms with Crippen LogP contribution in [0.1, 0.15) is 22.3 Å². The highest BCUT2D eigenvalue weighted by Gasteiger charge is 2.23. The number of benzene rings is 10. The Bertz CT molecular complexity index is 2860. The smallest absolute Gasteiger partial charge is 0.00201 e. The summed E-state index contributed by atoms with van der Waals surface area (Å²) in [5.74, 6) is 0. The van der Waals surface area contributed by atoms with Crippen molar-refractivity contribution >= 4 is 11.1 Å². The van der Waals surface area contributed by atoms with Gasteiger partial charge >= 0.3 is 0 Å². The second kappa shape index (κ2) is 17.7. The Hall–Kier alpha value is -8.06. The highest BCUT2D eigenvalue weighted by molar-refractivity contribution is 6.10. The third-order valence-electron chi connectivity index (χ3n) is 11.8. The molecule has 0 bridgehead atoms. The molecule has 0 amide bonds. The molecule has 10 rings (SSSR count). The van der Waals surface area contributed by atoms with Crippen molar-refractivity contribution < 1.29 is 0 Å². The van der Waals surface area contributed by atoms with Crippen LogP contribution < -0.4 is 0 Å². The Balaban J connectivity index is 1.26. The van der Waals surface area contributed by atoms with Gasteiger partial charge in [0.2, 0.25) is 0 Å². The zero-order chi connectivity index (χ0) is 41.5. The lowest BCUT2D eigenvalue weighted by Crippen LogP contribution is -2.02. The van der Waals surface area contributed by atoms with Crippen molar-refractivity contribution in [2.75, 3.05) is 0 Å². The molecule has 10 aromatic carbocycles. The van der Waals surface area contributed by atoms with Gasteiger partial charge in [-0.1, -0.05) is 255 Å². The highest BCUT2D eigenvalue weighted by atomic mass is 14.3. The summed E-state index contributed by atoms with van der Waals surface area (Å²) < 4.78 is 0. The van der Waals surface area contributed by atoms with Crippen molar-refractivity contribution in [3.63, 3.8) is 0 Å². The van der Waals surface area contributed by atoms with Crippen LogP contribution in [0.3, 0.4) is 0 Å². The van der Waals surface area contributed by atoms with Crippen molar-refractivity contribution in [3.05, 3.63) is 289 Å². The van der Waals surface area contributed by atoms with Gasteiger partial charge in [0, 0.05) is 0 Å². The first-order chi connectivity index (χ1) is 30.8. The fourth-order valence-corrected chi connectivity index (χ4v) is 8.65. The molecular formula is C62H44. The lowest BCUT2D eigenvalue weighted by molar-refractivity contribution is 1.48. The molecule has 0 radical (unpaired) electrons. The van der Waals surface area contributed by atoms with E-state index in [-0.39, 0.29) is 0 Å². The van der Waals surface area contributed by atoms with Crippen molar-refractivity contribution in [1.29, 1.82) is 0 Å². The Morgan fingerprint density at radius 3 is 0.710 bits per heavy atom. The minimum Gasteiger partial charge on any atom is -0.0622 e. The molecule has 0 aliphatic rings. The maximum atomic E-state index is 2.42. The Labute approximate surface area is 365 Å². The van der Waals surface area contributed by atoms with Gasteiger partial charge in [0.05, 0.1) is 0 Å². The molecule has 292 valence electrons. The molecule has 0 nitrogen and oxygen atoms in total. The molecular weight excluding hydrogens is 745 g/mol. The van der Waals surface area contributed by atoms with Crippen LogP contribution in [0, 0.1) is 0 Å². The predicted octanol–water partition coefficient (Wildman–Crippen LogP) is 16.7. The van der Waals surface area contributed by atoms with Crippen LogP contribution in [-0.4, -0.2) is 0 Å². The number of rotatable bonds is 10. The molecule has 0 heteroatoms. The van der Waals surface area contributed by atoms with Gasteiger partial charge in [-0.25, -0.2) is 0 Å². The van der Waals surface area contributed by atoms with Crippen LogP contribution >= 0.6 is 0 Å². The van der Waals surface area contributed by atoms with Crippen molar-refractivity contribution in [2.24, 2.45) is 0 Å². The predicted molar refractivity (Wildman–Crippen MR) is 263 cm³/mol.